The van der Waals surface area contributed by atoms with E-state index in [4.69, 9.17) is 9.40 Å². The zero-order valence-corrected chi connectivity index (χ0v) is 20.0. The second kappa shape index (κ2) is 9.87. The highest BCUT2D eigenvalue weighted by atomic mass is 16.3. The number of aromatic nitrogens is 3. The Bertz CT molecular complexity index is 1510. The maximum absolute atomic E-state index is 13.6. The fraction of sp³-hybridized carbons (Fsp3) is 0.143. The largest absolute Gasteiger partial charge is 0.467 e. The highest BCUT2D eigenvalue weighted by Crippen LogP contribution is 2.26. The Hall–Kier alpha value is -4.72. The maximum atomic E-state index is 13.6. The van der Waals surface area contributed by atoms with Gasteiger partial charge in [0.05, 0.1) is 35.6 Å². The summed E-state index contributed by atoms with van der Waals surface area (Å²) in [7, 11) is 1.61. The third kappa shape index (κ3) is 4.88. The van der Waals surface area contributed by atoms with Crippen LogP contribution < -0.4 is 5.32 Å². The number of rotatable bonds is 7. The van der Waals surface area contributed by atoms with Crippen molar-refractivity contribution in [1.82, 2.24) is 19.7 Å². The van der Waals surface area contributed by atoms with E-state index in [0.717, 1.165) is 16.9 Å². The minimum atomic E-state index is -0.295. The number of carbonyl (C=O) groups is 2. The van der Waals surface area contributed by atoms with Crippen LogP contribution in [0.3, 0.4) is 0 Å². The Balaban J connectivity index is 1.46. The number of anilines is 1. The van der Waals surface area contributed by atoms with Crippen LogP contribution in [0.4, 0.5) is 5.69 Å². The summed E-state index contributed by atoms with van der Waals surface area (Å²) in [5.41, 5.74) is 4.29. The average Bonchev–Trinajstić information content (AvgIpc) is 3.55. The van der Waals surface area contributed by atoms with Crippen molar-refractivity contribution in [3.63, 3.8) is 0 Å². The second-order valence-corrected chi connectivity index (χ2v) is 8.62. The number of nitrogens with zero attached hydrogens (tertiary/aromatic N) is 4. The monoisotopic (exact) mass is 479 g/mol. The molecule has 0 atom stereocenters. The second-order valence-electron chi connectivity index (χ2n) is 8.62. The van der Waals surface area contributed by atoms with Gasteiger partial charge in [-0.15, -0.1) is 0 Å². The molecule has 180 valence electrons. The summed E-state index contributed by atoms with van der Waals surface area (Å²) in [5, 5.41) is 7.92. The van der Waals surface area contributed by atoms with Crippen LogP contribution in [0.1, 0.15) is 21.7 Å². The quantitative estimate of drug-likeness (QED) is 0.363. The molecule has 36 heavy (non-hydrogen) atoms. The van der Waals surface area contributed by atoms with Crippen molar-refractivity contribution < 1.29 is 14.0 Å². The van der Waals surface area contributed by atoms with Crippen LogP contribution in [0.2, 0.25) is 0 Å². The van der Waals surface area contributed by atoms with Gasteiger partial charge in [0.25, 0.3) is 5.91 Å². The van der Waals surface area contributed by atoms with Crippen LogP contribution in [0, 0.1) is 6.92 Å². The molecule has 2 amide bonds. The first-order valence-corrected chi connectivity index (χ1v) is 11.5. The molecule has 0 aliphatic heterocycles. The van der Waals surface area contributed by atoms with Gasteiger partial charge in [-0.1, -0.05) is 48.0 Å². The summed E-state index contributed by atoms with van der Waals surface area (Å²) in [5.74, 6) is 0.151. The van der Waals surface area contributed by atoms with E-state index in [1.54, 1.807) is 30.3 Å². The minimum Gasteiger partial charge on any atom is -0.467 e. The van der Waals surface area contributed by atoms with Crippen molar-refractivity contribution in [2.75, 3.05) is 18.9 Å². The Morgan fingerprint density at radius 2 is 1.81 bits per heavy atom. The lowest BCUT2D eigenvalue weighted by Gasteiger charge is -2.18. The number of fused-ring (bicyclic) bond motifs is 1. The highest BCUT2D eigenvalue weighted by molar-refractivity contribution is 6.07. The van der Waals surface area contributed by atoms with Crippen molar-refractivity contribution >= 4 is 28.5 Å². The first-order valence-electron chi connectivity index (χ1n) is 11.5. The lowest BCUT2D eigenvalue weighted by molar-refractivity contribution is -0.116. The summed E-state index contributed by atoms with van der Waals surface area (Å²) in [6.07, 6.45) is 3.24. The van der Waals surface area contributed by atoms with E-state index >= 15 is 0 Å². The van der Waals surface area contributed by atoms with Gasteiger partial charge in [-0.3, -0.25) is 9.59 Å². The van der Waals surface area contributed by atoms with Gasteiger partial charge in [-0.2, -0.15) is 5.10 Å². The van der Waals surface area contributed by atoms with Crippen molar-refractivity contribution in [1.29, 1.82) is 0 Å². The number of nitrogens with one attached hydrogen (secondary N) is 1. The van der Waals surface area contributed by atoms with Crippen molar-refractivity contribution in [3.8, 4) is 11.3 Å². The molecule has 0 fully saturated rings. The van der Waals surface area contributed by atoms with E-state index in [9.17, 15) is 9.59 Å². The van der Waals surface area contributed by atoms with Crippen LogP contribution >= 0.6 is 0 Å². The van der Waals surface area contributed by atoms with Crippen molar-refractivity contribution in [2.24, 2.45) is 0 Å². The molecule has 5 aromatic rings. The fourth-order valence-corrected chi connectivity index (χ4v) is 3.98. The minimum absolute atomic E-state index is 0.0995. The number of aryl methyl sites for hydroxylation is 1. The molecule has 8 nitrogen and oxygen atoms in total. The zero-order chi connectivity index (χ0) is 25.1. The molecule has 5 rings (SSSR count). The number of pyridine rings is 1. The SMILES string of the molecule is Cc1ccc(NC(=O)CN(C)C(=O)c2cc(-c3ccccc3)nc3c2cnn3Cc2ccco2)cc1. The average molecular weight is 480 g/mol. The number of hydrogen-bond donors (Lipinski definition) is 1. The summed E-state index contributed by atoms with van der Waals surface area (Å²) in [6, 6.07) is 22.6. The molecule has 0 aliphatic rings. The molecule has 0 bridgehead atoms. The summed E-state index contributed by atoms with van der Waals surface area (Å²) in [4.78, 5) is 32.4. The van der Waals surface area contributed by atoms with Gasteiger partial charge in [0, 0.05) is 18.3 Å². The van der Waals surface area contributed by atoms with E-state index < -0.39 is 0 Å². The Kier molecular flexibility index (Phi) is 6.32. The van der Waals surface area contributed by atoms with Crippen molar-refractivity contribution in [3.05, 3.63) is 102 Å². The molecule has 1 N–H and O–H groups in total. The lowest BCUT2D eigenvalue weighted by Crippen LogP contribution is -2.35. The van der Waals surface area contributed by atoms with E-state index in [2.05, 4.69) is 10.4 Å². The topological polar surface area (TPSA) is 93.3 Å². The first kappa shape index (κ1) is 23.0. The predicted octanol–water partition coefficient (Wildman–Crippen LogP) is 4.76. The smallest absolute Gasteiger partial charge is 0.254 e. The summed E-state index contributed by atoms with van der Waals surface area (Å²) < 4.78 is 7.19. The molecule has 0 radical (unpaired) electrons. The van der Waals surface area contributed by atoms with E-state index in [0.29, 0.717) is 34.5 Å². The van der Waals surface area contributed by atoms with Crippen LogP contribution in [0.15, 0.2) is 89.7 Å². The van der Waals surface area contributed by atoms with Gasteiger partial charge in [0.2, 0.25) is 5.91 Å². The Morgan fingerprint density at radius 1 is 1.03 bits per heavy atom. The van der Waals surface area contributed by atoms with E-state index in [1.165, 1.54) is 4.90 Å². The number of amides is 2. The first-order chi connectivity index (χ1) is 17.5. The van der Waals surface area contributed by atoms with Crippen LogP contribution in [0.5, 0.6) is 0 Å². The number of carbonyl (C=O) groups excluding carboxylic acids is 2. The van der Waals surface area contributed by atoms with Crippen LogP contribution in [-0.2, 0) is 11.3 Å². The van der Waals surface area contributed by atoms with Crippen LogP contribution in [-0.4, -0.2) is 45.1 Å². The van der Waals surface area contributed by atoms with Gasteiger partial charge in [0.15, 0.2) is 5.65 Å². The Labute approximate surface area is 208 Å². The number of furan rings is 1. The molecule has 0 saturated carbocycles. The van der Waals surface area contributed by atoms with Crippen LogP contribution in [0.25, 0.3) is 22.3 Å². The number of likely N-dealkylation sites (N-methyl/N-ethyl adjacent to an activating group) is 1. The Morgan fingerprint density at radius 3 is 2.53 bits per heavy atom. The molecular weight excluding hydrogens is 454 g/mol. The normalized spacial score (nSPS) is 10.9. The maximum Gasteiger partial charge on any atom is 0.254 e. The third-order valence-electron chi connectivity index (χ3n) is 5.86. The standard InChI is InChI=1S/C28H25N5O3/c1-19-10-12-21(13-11-19)30-26(34)18-32(2)28(35)23-15-25(20-7-4-3-5-8-20)31-27-24(23)16-29-33(27)17-22-9-6-14-36-22/h3-16H,17-18H2,1-2H3,(H,30,34). The number of hydrogen-bond acceptors (Lipinski definition) is 5. The molecule has 0 unspecified atom stereocenters. The summed E-state index contributed by atoms with van der Waals surface area (Å²) >= 11 is 0. The molecule has 0 spiro atoms. The molecule has 3 heterocycles. The number of benzene rings is 2. The van der Waals surface area contributed by atoms with Gasteiger partial charge in [-0.05, 0) is 37.3 Å². The van der Waals surface area contributed by atoms with E-state index in [-0.39, 0.29) is 18.4 Å². The fourth-order valence-electron chi connectivity index (χ4n) is 3.98. The molecule has 0 saturated heterocycles. The highest BCUT2D eigenvalue weighted by Gasteiger charge is 2.22. The van der Waals surface area contributed by atoms with E-state index in [1.807, 2.05) is 73.7 Å². The summed E-state index contributed by atoms with van der Waals surface area (Å²) in [6.45, 7) is 2.26. The zero-order valence-electron chi connectivity index (χ0n) is 20.0. The third-order valence-corrected chi connectivity index (χ3v) is 5.86. The van der Waals surface area contributed by atoms with Gasteiger partial charge in [0.1, 0.15) is 12.3 Å². The molecule has 0 aliphatic carbocycles. The van der Waals surface area contributed by atoms with Gasteiger partial charge < -0.3 is 14.6 Å². The molecule has 3 aromatic heterocycles. The van der Waals surface area contributed by atoms with Gasteiger partial charge in [-0.25, -0.2) is 9.67 Å². The van der Waals surface area contributed by atoms with Gasteiger partial charge >= 0.3 is 0 Å². The molecular formula is C28H25N5O3. The molecule has 2 aromatic carbocycles. The molecule has 8 heteroatoms. The predicted molar refractivity (Wildman–Crippen MR) is 138 cm³/mol. The van der Waals surface area contributed by atoms with Crippen molar-refractivity contribution in [2.45, 2.75) is 13.5 Å². The lowest BCUT2D eigenvalue weighted by atomic mass is 10.1.